The lowest BCUT2D eigenvalue weighted by molar-refractivity contribution is -0.116. The molecule has 1 aromatic carbocycles. The minimum Gasteiger partial charge on any atom is -0.496 e. The number of halogens is 1. The topological polar surface area (TPSA) is 43.4 Å². The first-order valence-electron chi connectivity index (χ1n) is 4.40. The SMILES string of the molecule is COc1ccc(F)cc1C(=O)CC(C)=O. The zero-order valence-electron chi connectivity index (χ0n) is 8.54. The molecule has 0 unspecified atom stereocenters. The van der Waals surface area contributed by atoms with Crippen molar-refractivity contribution in [1.82, 2.24) is 0 Å². The number of hydrogen-bond donors (Lipinski definition) is 0. The van der Waals surface area contributed by atoms with Crippen molar-refractivity contribution in [3.63, 3.8) is 0 Å². The van der Waals surface area contributed by atoms with Crippen LogP contribution in [0.1, 0.15) is 23.7 Å². The van der Waals surface area contributed by atoms with Crippen LogP contribution in [0.2, 0.25) is 0 Å². The maximum Gasteiger partial charge on any atom is 0.174 e. The van der Waals surface area contributed by atoms with Gasteiger partial charge in [0, 0.05) is 0 Å². The molecule has 80 valence electrons. The summed E-state index contributed by atoms with van der Waals surface area (Å²) in [5.41, 5.74) is 0.104. The van der Waals surface area contributed by atoms with Crippen molar-refractivity contribution >= 4 is 11.6 Å². The first-order valence-corrected chi connectivity index (χ1v) is 4.40. The molecule has 0 heterocycles. The maximum absolute atomic E-state index is 12.9. The van der Waals surface area contributed by atoms with Crippen LogP contribution >= 0.6 is 0 Å². The molecule has 0 radical (unpaired) electrons. The van der Waals surface area contributed by atoms with Gasteiger partial charge in [0.05, 0.1) is 19.1 Å². The lowest BCUT2D eigenvalue weighted by Crippen LogP contribution is -2.07. The molecule has 0 aromatic heterocycles. The molecule has 1 aromatic rings. The molecule has 0 spiro atoms. The third-order valence-corrected chi connectivity index (χ3v) is 1.87. The Hall–Kier alpha value is -1.71. The molecule has 0 saturated heterocycles. The van der Waals surface area contributed by atoms with Crippen LogP contribution in [0.3, 0.4) is 0 Å². The summed E-state index contributed by atoms with van der Waals surface area (Å²) in [4.78, 5) is 22.3. The molecule has 4 heteroatoms. The summed E-state index contributed by atoms with van der Waals surface area (Å²) >= 11 is 0. The van der Waals surface area contributed by atoms with Crippen LogP contribution in [0.5, 0.6) is 5.75 Å². The Morgan fingerprint density at radius 3 is 2.60 bits per heavy atom. The summed E-state index contributed by atoms with van der Waals surface area (Å²) in [7, 11) is 1.39. The standard InChI is InChI=1S/C11H11FO3/c1-7(13)5-10(14)9-6-8(12)3-4-11(9)15-2/h3-4,6H,5H2,1-2H3. The molecular formula is C11H11FO3. The predicted octanol–water partition coefficient (Wildman–Crippen LogP) is 2.00. The second kappa shape index (κ2) is 4.68. The summed E-state index contributed by atoms with van der Waals surface area (Å²) < 4.78 is 17.8. The lowest BCUT2D eigenvalue weighted by Gasteiger charge is -2.06. The van der Waals surface area contributed by atoms with Gasteiger partial charge in [-0.1, -0.05) is 0 Å². The van der Waals surface area contributed by atoms with Gasteiger partial charge in [0.1, 0.15) is 17.3 Å². The number of hydrogen-bond acceptors (Lipinski definition) is 3. The summed E-state index contributed by atoms with van der Waals surface area (Å²) in [5.74, 6) is -0.935. The van der Waals surface area contributed by atoms with E-state index in [1.54, 1.807) is 0 Å². The van der Waals surface area contributed by atoms with Crippen LogP contribution in [0, 0.1) is 5.82 Å². The van der Waals surface area contributed by atoms with Gasteiger partial charge in [-0.15, -0.1) is 0 Å². The van der Waals surface area contributed by atoms with E-state index in [9.17, 15) is 14.0 Å². The van der Waals surface area contributed by atoms with E-state index in [1.165, 1.54) is 26.2 Å². The number of carbonyl (C=O) groups excluding carboxylic acids is 2. The molecule has 3 nitrogen and oxygen atoms in total. The quantitative estimate of drug-likeness (QED) is 0.564. The molecule has 0 atom stereocenters. The molecule has 0 bridgehead atoms. The van der Waals surface area contributed by atoms with Crippen molar-refractivity contribution in [1.29, 1.82) is 0 Å². The number of rotatable bonds is 4. The number of carbonyl (C=O) groups is 2. The third kappa shape index (κ3) is 2.87. The second-order valence-electron chi connectivity index (χ2n) is 3.15. The minimum atomic E-state index is -0.525. The van der Waals surface area contributed by atoms with Crippen LogP contribution in [-0.4, -0.2) is 18.7 Å². The highest BCUT2D eigenvalue weighted by Gasteiger charge is 2.14. The molecule has 0 aliphatic heterocycles. The summed E-state index contributed by atoms with van der Waals surface area (Å²) in [6, 6.07) is 3.64. The van der Waals surface area contributed by atoms with E-state index >= 15 is 0 Å². The number of Topliss-reactive ketones (excluding diaryl/α,β-unsaturated/α-hetero) is 2. The van der Waals surface area contributed by atoms with E-state index in [4.69, 9.17) is 4.74 Å². The van der Waals surface area contributed by atoms with Crippen molar-refractivity contribution in [2.24, 2.45) is 0 Å². The highest BCUT2D eigenvalue weighted by molar-refractivity contribution is 6.08. The summed E-state index contributed by atoms with van der Waals surface area (Å²) in [6.07, 6.45) is -0.236. The second-order valence-corrected chi connectivity index (χ2v) is 3.15. The predicted molar refractivity (Wildman–Crippen MR) is 52.6 cm³/mol. The number of methoxy groups -OCH3 is 1. The minimum absolute atomic E-state index is 0.104. The number of ether oxygens (including phenoxy) is 1. The van der Waals surface area contributed by atoms with Gasteiger partial charge in [-0.3, -0.25) is 9.59 Å². The van der Waals surface area contributed by atoms with Gasteiger partial charge < -0.3 is 4.74 Å². The monoisotopic (exact) mass is 210 g/mol. The zero-order valence-corrected chi connectivity index (χ0v) is 8.54. The fraction of sp³-hybridized carbons (Fsp3) is 0.273. The van der Waals surface area contributed by atoms with E-state index in [0.717, 1.165) is 6.07 Å². The van der Waals surface area contributed by atoms with Gasteiger partial charge in [-0.25, -0.2) is 4.39 Å². The van der Waals surface area contributed by atoms with Gasteiger partial charge in [0.15, 0.2) is 5.78 Å². The van der Waals surface area contributed by atoms with Crippen molar-refractivity contribution in [3.05, 3.63) is 29.6 Å². The fourth-order valence-corrected chi connectivity index (χ4v) is 1.22. The highest BCUT2D eigenvalue weighted by Crippen LogP contribution is 2.20. The third-order valence-electron chi connectivity index (χ3n) is 1.87. The van der Waals surface area contributed by atoms with Crippen LogP contribution in [0.4, 0.5) is 4.39 Å². The Morgan fingerprint density at radius 1 is 1.40 bits per heavy atom. The van der Waals surface area contributed by atoms with E-state index < -0.39 is 11.6 Å². The van der Waals surface area contributed by atoms with Crippen molar-refractivity contribution in [2.45, 2.75) is 13.3 Å². The molecule has 0 aliphatic rings. The zero-order chi connectivity index (χ0) is 11.4. The fourth-order valence-electron chi connectivity index (χ4n) is 1.22. The highest BCUT2D eigenvalue weighted by atomic mass is 19.1. The number of ketones is 2. The molecule has 0 aliphatic carbocycles. The molecule has 0 fully saturated rings. The Morgan fingerprint density at radius 2 is 2.07 bits per heavy atom. The van der Waals surface area contributed by atoms with Gasteiger partial charge in [-0.2, -0.15) is 0 Å². The molecule has 1 rings (SSSR count). The van der Waals surface area contributed by atoms with Crippen molar-refractivity contribution in [3.8, 4) is 5.75 Å². The van der Waals surface area contributed by atoms with Gasteiger partial charge in [0.2, 0.25) is 0 Å². The van der Waals surface area contributed by atoms with Crippen LogP contribution < -0.4 is 4.74 Å². The van der Waals surface area contributed by atoms with E-state index in [-0.39, 0.29) is 23.5 Å². The normalized spacial score (nSPS) is 9.80. The van der Waals surface area contributed by atoms with Crippen LogP contribution in [0.15, 0.2) is 18.2 Å². The van der Waals surface area contributed by atoms with Crippen molar-refractivity contribution in [2.75, 3.05) is 7.11 Å². The largest absolute Gasteiger partial charge is 0.496 e. The molecule has 0 amide bonds. The average molecular weight is 210 g/mol. The summed E-state index contributed by atoms with van der Waals surface area (Å²) in [5, 5.41) is 0. The van der Waals surface area contributed by atoms with Crippen LogP contribution in [0.25, 0.3) is 0 Å². The smallest absolute Gasteiger partial charge is 0.174 e. The molecule has 0 N–H and O–H groups in total. The van der Waals surface area contributed by atoms with Gasteiger partial charge in [-0.05, 0) is 25.1 Å². The Bertz CT molecular complexity index is 399. The molecular weight excluding hydrogens is 199 g/mol. The molecule has 0 saturated carbocycles. The van der Waals surface area contributed by atoms with Crippen LogP contribution in [-0.2, 0) is 4.79 Å². The van der Waals surface area contributed by atoms with Gasteiger partial charge >= 0.3 is 0 Å². The van der Waals surface area contributed by atoms with E-state index in [2.05, 4.69) is 0 Å². The number of benzene rings is 1. The first kappa shape index (κ1) is 11.4. The first-order chi connectivity index (χ1) is 7.04. The average Bonchev–Trinajstić information content (AvgIpc) is 2.16. The van der Waals surface area contributed by atoms with E-state index in [0.29, 0.717) is 0 Å². The lowest BCUT2D eigenvalue weighted by atomic mass is 10.1. The summed E-state index contributed by atoms with van der Waals surface area (Å²) in [6.45, 7) is 1.31. The van der Waals surface area contributed by atoms with Gasteiger partial charge in [0.25, 0.3) is 0 Å². The Labute approximate surface area is 86.9 Å². The Balaban J connectivity index is 3.05. The van der Waals surface area contributed by atoms with Crippen molar-refractivity contribution < 1.29 is 18.7 Å². The molecule has 15 heavy (non-hydrogen) atoms. The van der Waals surface area contributed by atoms with E-state index in [1.807, 2.05) is 0 Å². The Kier molecular flexibility index (Phi) is 3.55. The maximum atomic E-state index is 12.9.